The van der Waals surface area contributed by atoms with E-state index in [1.165, 1.54) is 12.3 Å². The first-order chi connectivity index (χ1) is 13.0. The van der Waals surface area contributed by atoms with E-state index in [0.717, 1.165) is 6.42 Å². The maximum absolute atomic E-state index is 12.0. The molecule has 1 heterocycles. The minimum absolute atomic E-state index is 0.174. The zero-order chi connectivity index (χ0) is 19.6. The number of unbranched alkanes of at least 4 members (excludes halogenated alkanes) is 1. The molecule has 0 radical (unpaired) electrons. The molecule has 1 atom stereocenters. The molecule has 2 rings (SSSR count). The van der Waals surface area contributed by atoms with Crippen molar-refractivity contribution in [1.82, 2.24) is 5.32 Å². The second-order valence-corrected chi connectivity index (χ2v) is 5.85. The van der Waals surface area contributed by atoms with Crippen LogP contribution < -0.4 is 15.4 Å². The Morgan fingerprint density at radius 2 is 2.04 bits per heavy atom. The fourth-order valence-corrected chi connectivity index (χ4v) is 2.31. The van der Waals surface area contributed by atoms with Crippen LogP contribution in [0.3, 0.4) is 0 Å². The molecule has 0 fully saturated rings. The Hall–Kier alpha value is -3.29. The van der Waals surface area contributed by atoms with Crippen LogP contribution in [-0.2, 0) is 9.59 Å². The van der Waals surface area contributed by atoms with Crippen LogP contribution in [0.5, 0.6) is 5.75 Å². The summed E-state index contributed by atoms with van der Waals surface area (Å²) in [6.07, 6.45) is 3.31. The van der Waals surface area contributed by atoms with Gasteiger partial charge in [0.1, 0.15) is 11.8 Å². The van der Waals surface area contributed by atoms with Gasteiger partial charge < -0.3 is 24.9 Å². The normalized spacial score (nSPS) is 11.4. The maximum Gasteiger partial charge on any atom is 0.326 e. The quantitative estimate of drug-likeness (QED) is 0.588. The van der Waals surface area contributed by atoms with Crippen molar-refractivity contribution in [3.05, 3.63) is 48.4 Å². The van der Waals surface area contributed by atoms with Gasteiger partial charge in [0.2, 0.25) is 0 Å². The summed E-state index contributed by atoms with van der Waals surface area (Å²) in [6.45, 7) is 1.62. The Morgan fingerprint density at radius 3 is 2.70 bits per heavy atom. The summed E-state index contributed by atoms with van der Waals surface area (Å²) < 4.78 is 10.4. The highest BCUT2D eigenvalue weighted by atomic mass is 16.5. The van der Waals surface area contributed by atoms with Crippen molar-refractivity contribution in [1.29, 1.82) is 0 Å². The highest BCUT2D eigenvalue weighted by Crippen LogP contribution is 2.18. The first-order valence-corrected chi connectivity index (χ1v) is 8.59. The standard InChI is InChI=1S/C19H22N2O6/c1-2-3-8-15(19(24)25)21-17(22)12-27-14-7-4-6-13(11-14)20-18(23)16-9-5-10-26-16/h4-7,9-11,15H,2-3,8,12H2,1H3,(H,20,23)(H,21,22)(H,24,25). The van der Waals surface area contributed by atoms with Crippen LogP contribution >= 0.6 is 0 Å². The van der Waals surface area contributed by atoms with E-state index in [-0.39, 0.29) is 12.4 Å². The molecule has 0 aliphatic carbocycles. The van der Waals surface area contributed by atoms with Gasteiger partial charge in [0.25, 0.3) is 11.8 Å². The van der Waals surface area contributed by atoms with E-state index in [1.54, 1.807) is 30.3 Å². The summed E-state index contributed by atoms with van der Waals surface area (Å²) in [5.41, 5.74) is 0.473. The fraction of sp³-hybridized carbons (Fsp3) is 0.316. The summed E-state index contributed by atoms with van der Waals surface area (Å²) in [7, 11) is 0. The van der Waals surface area contributed by atoms with Gasteiger partial charge in [-0.15, -0.1) is 0 Å². The van der Waals surface area contributed by atoms with E-state index in [0.29, 0.717) is 24.3 Å². The molecule has 8 heteroatoms. The zero-order valence-electron chi connectivity index (χ0n) is 14.9. The van der Waals surface area contributed by atoms with Gasteiger partial charge in [-0.3, -0.25) is 9.59 Å². The average molecular weight is 374 g/mol. The zero-order valence-corrected chi connectivity index (χ0v) is 14.9. The highest BCUT2D eigenvalue weighted by molar-refractivity contribution is 6.02. The van der Waals surface area contributed by atoms with E-state index in [4.69, 9.17) is 14.3 Å². The number of hydrogen-bond acceptors (Lipinski definition) is 5. The second-order valence-electron chi connectivity index (χ2n) is 5.85. The molecule has 0 bridgehead atoms. The van der Waals surface area contributed by atoms with Crippen molar-refractivity contribution < 1.29 is 28.6 Å². The number of amides is 2. The number of hydrogen-bond donors (Lipinski definition) is 3. The van der Waals surface area contributed by atoms with Crippen LogP contribution in [-0.4, -0.2) is 35.5 Å². The minimum Gasteiger partial charge on any atom is -0.484 e. The molecule has 3 N–H and O–H groups in total. The predicted molar refractivity (Wildman–Crippen MR) is 97.7 cm³/mol. The highest BCUT2D eigenvalue weighted by Gasteiger charge is 2.19. The van der Waals surface area contributed by atoms with Gasteiger partial charge in [0.05, 0.1) is 6.26 Å². The topological polar surface area (TPSA) is 118 Å². The van der Waals surface area contributed by atoms with Crippen molar-refractivity contribution in [3.63, 3.8) is 0 Å². The lowest BCUT2D eigenvalue weighted by molar-refractivity contribution is -0.142. The summed E-state index contributed by atoms with van der Waals surface area (Å²) in [5, 5.41) is 14.2. The Morgan fingerprint density at radius 1 is 1.22 bits per heavy atom. The van der Waals surface area contributed by atoms with Crippen LogP contribution in [0.4, 0.5) is 5.69 Å². The third kappa shape index (κ3) is 6.50. The number of nitrogens with one attached hydrogen (secondary N) is 2. The molecule has 8 nitrogen and oxygen atoms in total. The van der Waals surface area contributed by atoms with Gasteiger partial charge >= 0.3 is 5.97 Å². The number of benzene rings is 1. The summed E-state index contributed by atoms with van der Waals surface area (Å²) in [6, 6.07) is 8.72. The largest absolute Gasteiger partial charge is 0.484 e. The molecule has 2 aromatic rings. The lowest BCUT2D eigenvalue weighted by atomic mass is 10.1. The van der Waals surface area contributed by atoms with Crippen LogP contribution in [0.2, 0.25) is 0 Å². The molecule has 27 heavy (non-hydrogen) atoms. The lowest BCUT2D eigenvalue weighted by Crippen LogP contribution is -2.42. The molecule has 0 aliphatic rings. The number of furan rings is 1. The molecule has 1 unspecified atom stereocenters. The Labute approximate surface area is 156 Å². The first kappa shape index (κ1) is 20.0. The van der Waals surface area contributed by atoms with Gasteiger partial charge in [-0.2, -0.15) is 0 Å². The summed E-state index contributed by atoms with van der Waals surface area (Å²) in [4.78, 5) is 35.0. The van der Waals surface area contributed by atoms with Crippen molar-refractivity contribution in [2.45, 2.75) is 32.2 Å². The Kier molecular flexibility index (Phi) is 7.42. The van der Waals surface area contributed by atoms with Crippen LogP contribution in [0.15, 0.2) is 47.1 Å². The maximum atomic E-state index is 12.0. The molecular formula is C19H22N2O6. The van der Waals surface area contributed by atoms with Gasteiger partial charge in [-0.25, -0.2) is 4.79 Å². The molecular weight excluding hydrogens is 352 g/mol. The number of carboxylic acid groups (broad SMARTS) is 1. The molecule has 2 amide bonds. The average Bonchev–Trinajstić information content (AvgIpc) is 3.18. The third-order valence-electron chi connectivity index (χ3n) is 3.69. The molecule has 0 spiro atoms. The number of rotatable bonds is 10. The predicted octanol–water partition coefficient (Wildman–Crippen LogP) is 2.67. The van der Waals surface area contributed by atoms with Crippen LogP contribution in [0.1, 0.15) is 36.7 Å². The number of carboxylic acids is 1. The fourth-order valence-electron chi connectivity index (χ4n) is 2.31. The van der Waals surface area contributed by atoms with E-state index in [9.17, 15) is 14.4 Å². The first-order valence-electron chi connectivity index (χ1n) is 8.59. The summed E-state index contributed by atoms with van der Waals surface area (Å²) in [5.74, 6) is -1.46. The minimum atomic E-state index is -1.07. The van der Waals surface area contributed by atoms with Gasteiger partial charge in [-0.05, 0) is 30.7 Å². The molecule has 1 aromatic heterocycles. The Bertz CT molecular complexity index is 772. The third-order valence-corrected chi connectivity index (χ3v) is 3.69. The number of anilines is 1. The van der Waals surface area contributed by atoms with E-state index in [2.05, 4.69) is 10.6 Å². The van der Waals surface area contributed by atoms with Crippen molar-refractivity contribution in [2.75, 3.05) is 11.9 Å². The number of aliphatic carboxylic acids is 1. The van der Waals surface area contributed by atoms with Crippen LogP contribution in [0.25, 0.3) is 0 Å². The van der Waals surface area contributed by atoms with E-state index < -0.39 is 23.8 Å². The molecule has 144 valence electrons. The number of carbonyl (C=O) groups is 3. The monoisotopic (exact) mass is 374 g/mol. The molecule has 1 aromatic carbocycles. The number of ether oxygens (including phenoxy) is 1. The van der Waals surface area contributed by atoms with Crippen molar-refractivity contribution >= 4 is 23.5 Å². The van der Waals surface area contributed by atoms with E-state index >= 15 is 0 Å². The number of carbonyl (C=O) groups excluding carboxylic acids is 2. The van der Waals surface area contributed by atoms with Crippen LogP contribution in [0, 0.1) is 0 Å². The molecule has 0 aliphatic heterocycles. The van der Waals surface area contributed by atoms with Gasteiger partial charge in [0.15, 0.2) is 12.4 Å². The van der Waals surface area contributed by atoms with Gasteiger partial charge in [0, 0.05) is 11.8 Å². The smallest absolute Gasteiger partial charge is 0.326 e. The molecule has 0 saturated carbocycles. The van der Waals surface area contributed by atoms with Gasteiger partial charge in [-0.1, -0.05) is 25.8 Å². The SMILES string of the molecule is CCCCC(NC(=O)COc1cccc(NC(=O)c2ccco2)c1)C(=O)O. The summed E-state index contributed by atoms with van der Waals surface area (Å²) >= 11 is 0. The lowest BCUT2D eigenvalue weighted by Gasteiger charge is -2.14. The molecule has 0 saturated heterocycles. The van der Waals surface area contributed by atoms with Crippen molar-refractivity contribution in [3.8, 4) is 5.75 Å². The second kappa shape index (κ2) is 10.0. The Balaban J connectivity index is 1.87. The van der Waals surface area contributed by atoms with Crippen molar-refractivity contribution in [2.24, 2.45) is 0 Å². The van der Waals surface area contributed by atoms with E-state index in [1.807, 2.05) is 6.92 Å².